The lowest BCUT2D eigenvalue weighted by molar-refractivity contribution is -0.119. The van der Waals surface area contributed by atoms with E-state index in [2.05, 4.69) is 4.98 Å². The summed E-state index contributed by atoms with van der Waals surface area (Å²) >= 11 is 5.83. The van der Waals surface area contributed by atoms with Crippen LogP contribution in [0.2, 0.25) is 0 Å². The molecular weight excluding hydrogens is 289 g/mol. The summed E-state index contributed by atoms with van der Waals surface area (Å²) in [4.78, 5) is 5.59. The summed E-state index contributed by atoms with van der Waals surface area (Å²) in [5.41, 5.74) is 1.28. The fraction of sp³-hybridized carbons (Fsp3) is 0.643. The minimum absolute atomic E-state index is 0.238. The Balaban J connectivity index is 3.21. The maximum atomic E-state index is 12.6. The summed E-state index contributed by atoms with van der Waals surface area (Å²) in [5, 5.41) is 0. The molecule has 0 N–H and O–H groups in total. The standard InChI is InChI=1S/C14H20ClF3N2/c1-5-20(9-14(16,17)18)12-7-10(8-15)6-11(19-12)13(2,3)4/h6-7H,5,8-9H2,1-4H3. The Labute approximate surface area is 122 Å². The van der Waals surface area contributed by atoms with Gasteiger partial charge in [-0.2, -0.15) is 13.2 Å². The molecule has 0 aliphatic rings. The molecule has 0 saturated heterocycles. The number of hydrogen-bond acceptors (Lipinski definition) is 2. The van der Waals surface area contributed by atoms with Crippen molar-refractivity contribution in [3.05, 3.63) is 23.4 Å². The van der Waals surface area contributed by atoms with Crippen LogP contribution < -0.4 is 4.90 Å². The lowest BCUT2D eigenvalue weighted by Gasteiger charge is -2.26. The molecule has 0 fully saturated rings. The van der Waals surface area contributed by atoms with Gasteiger partial charge in [-0.3, -0.25) is 0 Å². The highest BCUT2D eigenvalue weighted by Gasteiger charge is 2.31. The summed E-state index contributed by atoms with van der Waals surface area (Å²) < 4.78 is 37.8. The molecule has 0 unspecified atom stereocenters. The van der Waals surface area contributed by atoms with E-state index in [1.807, 2.05) is 26.8 Å². The van der Waals surface area contributed by atoms with Gasteiger partial charge in [0.1, 0.15) is 12.4 Å². The smallest absolute Gasteiger partial charge is 0.348 e. The number of pyridine rings is 1. The van der Waals surface area contributed by atoms with Crippen LogP contribution in [0.5, 0.6) is 0 Å². The van der Waals surface area contributed by atoms with E-state index in [1.54, 1.807) is 13.0 Å². The quantitative estimate of drug-likeness (QED) is 0.761. The molecule has 1 aromatic heterocycles. The van der Waals surface area contributed by atoms with Crippen molar-refractivity contribution in [1.82, 2.24) is 4.98 Å². The molecule has 0 aliphatic heterocycles. The average Bonchev–Trinajstić information content (AvgIpc) is 2.33. The van der Waals surface area contributed by atoms with Gasteiger partial charge in [0.15, 0.2) is 0 Å². The van der Waals surface area contributed by atoms with Crippen molar-refractivity contribution < 1.29 is 13.2 Å². The molecular formula is C14H20ClF3N2. The summed E-state index contributed by atoms with van der Waals surface area (Å²) in [6.45, 7) is 6.82. The summed E-state index contributed by atoms with van der Waals surface area (Å²) in [5.74, 6) is 0.579. The van der Waals surface area contributed by atoms with Crippen molar-refractivity contribution >= 4 is 17.4 Å². The molecule has 0 spiro atoms. The molecule has 1 rings (SSSR count). The van der Waals surface area contributed by atoms with E-state index < -0.39 is 12.7 Å². The first-order valence-corrected chi connectivity index (χ1v) is 6.99. The van der Waals surface area contributed by atoms with Gasteiger partial charge in [0, 0.05) is 23.5 Å². The third-order valence-electron chi connectivity index (χ3n) is 2.87. The first-order valence-electron chi connectivity index (χ1n) is 6.46. The Morgan fingerprint density at radius 1 is 1.20 bits per heavy atom. The minimum Gasteiger partial charge on any atom is -0.348 e. The van der Waals surface area contributed by atoms with Gasteiger partial charge < -0.3 is 4.90 Å². The Morgan fingerprint density at radius 3 is 2.20 bits per heavy atom. The van der Waals surface area contributed by atoms with Crippen molar-refractivity contribution in [3.63, 3.8) is 0 Å². The fourth-order valence-corrected chi connectivity index (χ4v) is 1.92. The van der Waals surface area contributed by atoms with Crippen LogP contribution in [0.3, 0.4) is 0 Å². The number of alkyl halides is 4. The Kier molecular flexibility index (Phi) is 5.30. The van der Waals surface area contributed by atoms with E-state index in [0.717, 1.165) is 11.3 Å². The van der Waals surface area contributed by atoms with Crippen LogP contribution in [0.4, 0.5) is 19.0 Å². The number of aromatic nitrogens is 1. The molecule has 0 aromatic carbocycles. The highest BCUT2D eigenvalue weighted by Crippen LogP contribution is 2.27. The van der Waals surface area contributed by atoms with Crippen LogP contribution in [0.1, 0.15) is 39.0 Å². The summed E-state index contributed by atoms with van der Waals surface area (Å²) in [6, 6.07) is 3.47. The van der Waals surface area contributed by atoms with E-state index in [1.165, 1.54) is 4.90 Å². The second-order valence-electron chi connectivity index (χ2n) is 5.73. The van der Waals surface area contributed by atoms with Gasteiger partial charge in [-0.05, 0) is 24.6 Å². The number of anilines is 1. The van der Waals surface area contributed by atoms with E-state index in [-0.39, 0.29) is 17.8 Å². The number of nitrogens with zero attached hydrogens (tertiary/aromatic N) is 2. The predicted molar refractivity (Wildman–Crippen MR) is 76.4 cm³/mol. The molecule has 0 atom stereocenters. The molecule has 0 bridgehead atoms. The lowest BCUT2D eigenvalue weighted by Crippen LogP contribution is -2.35. The van der Waals surface area contributed by atoms with E-state index in [4.69, 9.17) is 11.6 Å². The van der Waals surface area contributed by atoms with Crippen LogP contribution in [0.25, 0.3) is 0 Å². The number of rotatable bonds is 4. The average molecular weight is 309 g/mol. The van der Waals surface area contributed by atoms with Crippen LogP contribution in [0.15, 0.2) is 12.1 Å². The van der Waals surface area contributed by atoms with Gasteiger partial charge in [0.05, 0.1) is 0 Å². The lowest BCUT2D eigenvalue weighted by atomic mass is 9.91. The third-order valence-corrected chi connectivity index (χ3v) is 3.18. The largest absolute Gasteiger partial charge is 0.405 e. The third kappa shape index (κ3) is 4.85. The van der Waals surface area contributed by atoms with E-state index in [9.17, 15) is 13.2 Å². The molecule has 20 heavy (non-hydrogen) atoms. The molecule has 0 radical (unpaired) electrons. The van der Waals surface area contributed by atoms with Gasteiger partial charge >= 0.3 is 6.18 Å². The Bertz CT molecular complexity index is 453. The zero-order valence-electron chi connectivity index (χ0n) is 12.2. The fourth-order valence-electron chi connectivity index (χ4n) is 1.77. The van der Waals surface area contributed by atoms with Crippen molar-refractivity contribution in [1.29, 1.82) is 0 Å². The molecule has 1 aromatic rings. The predicted octanol–water partition coefficient (Wildman–Crippen LogP) is 4.51. The topological polar surface area (TPSA) is 16.1 Å². The maximum Gasteiger partial charge on any atom is 0.405 e. The Hall–Kier alpha value is -0.970. The van der Waals surface area contributed by atoms with Crippen LogP contribution in [-0.4, -0.2) is 24.2 Å². The number of halogens is 4. The second-order valence-corrected chi connectivity index (χ2v) is 6.00. The van der Waals surface area contributed by atoms with E-state index in [0.29, 0.717) is 5.82 Å². The van der Waals surface area contributed by atoms with Crippen molar-refractivity contribution in [2.24, 2.45) is 0 Å². The molecule has 0 aliphatic carbocycles. The maximum absolute atomic E-state index is 12.6. The summed E-state index contributed by atoms with van der Waals surface area (Å²) in [6.07, 6.45) is -4.25. The normalized spacial score (nSPS) is 12.6. The van der Waals surface area contributed by atoms with Crippen LogP contribution in [0, 0.1) is 0 Å². The highest BCUT2D eigenvalue weighted by atomic mass is 35.5. The van der Waals surface area contributed by atoms with Gasteiger partial charge in [-0.15, -0.1) is 11.6 Å². The van der Waals surface area contributed by atoms with E-state index >= 15 is 0 Å². The van der Waals surface area contributed by atoms with Gasteiger partial charge in [0.25, 0.3) is 0 Å². The van der Waals surface area contributed by atoms with Gasteiger partial charge in [-0.25, -0.2) is 4.98 Å². The van der Waals surface area contributed by atoms with Crippen molar-refractivity contribution in [3.8, 4) is 0 Å². The zero-order valence-corrected chi connectivity index (χ0v) is 12.9. The van der Waals surface area contributed by atoms with Gasteiger partial charge in [0.2, 0.25) is 0 Å². The highest BCUT2D eigenvalue weighted by molar-refractivity contribution is 6.17. The molecule has 1 heterocycles. The first kappa shape index (κ1) is 17.1. The molecule has 0 amide bonds. The van der Waals surface area contributed by atoms with Crippen molar-refractivity contribution in [2.75, 3.05) is 18.0 Å². The molecule has 0 saturated carbocycles. The monoisotopic (exact) mass is 308 g/mol. The summed E-state index contributed by atoms with van der Waals surface area (Å²) in [7, 11) is 0. The van der Waals surface area contributed by atoms with Crippen molar-refractivity contribution in [2.45, 2.75) is 45.2 Å². The van der Waals surface area contributed by atoms with Gasteiger partial charge in [-0.1, -0.05) is 20.8 Å². The Morgan fingerprint density at radius 2 is 1.80 bits per heavy atom. The molecule has 2 nitrogen and oxygen atoms in total. The number of hydrogen-bond donors (Lipinski definition) is 0. The first-order chi connectivity index (χ1) is 9.06. The SMILES string of the molecule is CCN(CC(F)(F)F)c1cc(CCl)cc(C(C)(C)C)n1. The zero-order chi connectivity index (χ0) is 15.6. The second kappa shape index (κ2) is 6.20. The molecule has 6 heteroatoms. The van der Waals surface area contributed by atoms with Crippen LogP contribution >= 0.6 is 11.6 Å². The molecule has 114 valence electrons. The minimum atomic E-state index is -4.25. The van der Waals surface area contributed by atoms with Crippen LogP contribution in [-0.2, 0) is 11.3 Å².